The Labute approximate surface area is 190 Å². The molecule has 6 nitrogen and oxygen atoms in total. The van der Waals surface area contributed by atoms with Gasteiger partial charge in [-0.2, -0.15) is 0 Å². The van der Waals surface area contributed by atoms with Crippen molar-refractivity contribution in [3.63, 3.8) is 0 Å². The lowest BCUT2D eigenvalue weighted by Crippen LogP contribution is -2.31. The molecule has 1 amide bonds. The van der Waals surface area contributed by atoms with Gasteiger partial charge in [-0.25, -0.2) is 4.39 Å². The van der Waals surface area contributed by atoms with E-state index in [2.05, 4.69) is 10.2 Å². The predicted octanol–water partition coefficient (Wildman–Crippen LogP) is 5.12. The molecular weight excluding hydrogens is 427 g/mol. The monoisotopic (exact) mass is 450 g/mol. The number of hydrogen-bond donors (Lipinski definition) is 0. The molecule has 0 bridgehead atoms. The maximum atomic E-state index is 13.5. The molecule has 0 saturated carbocycles. The predicted molar refractivity (Wildman–Crippen MR) is 122 cm³/mol. The van der Waals surface area contributed by atoms with Crippen LogP contribution in [0.4, 0.5) is 4.39 Å². The quantitative estimate of drug-likeness (QED) is 0.349. The number of carbonyl (C=O) groups excluding carboxylic acids is 1. The number of rotatable bonds is 8. The van der Waals surface area contributed by atoms with Crippen molar-refractivity contribution in [2.45, 2.75) is 25.5 Å². The van der Waals surface area contributed by atoms with Crippen molar-refractivity contribution < 1.29 is 13.6 Å². The van der Waals surface area contributed by atoms with Gasteiger partial charge in [-0.15, -0.1) is 10.2 Å². The number of amides is 1. The first-order chi connectivity index (χ1) is 15.6. The van der Waals surface area contributed by atoms with Crippen molar-refractivity contribution in [2.24, 2.45) is 0 Å². The van der Waals surface area contributed by atoms with Gasteiger partial charge in [-0.1, -0.05) is 42.1 Å². The molecule has 2 aromatic heterocycles. The lowest BCUT2D eigenvalue weighted by Gasteiger charge is -2.21. The third-order valence-corrected chi connectivity index (χ3v) is 5.98. The van der Waals surface area contributed by atoms with Gasteiger partial charge in [0.15, 0.2) is 11.0 Å². The van der Waals surface area contributed by atoms with Crippen LogP contribution in [0, 0.1) is 12.7 Å². The van der Waals surface area contributed by atoms with Gasteiger partial charge in [0.1, 0.15) is 11.6 Å². The molecule has 0 aliphatic carbocycles. The summed E-state index contributed by atoms with van der Waals surface area (Å²) in [6.07, 6.45) is 1.62. The molecule has 0 spiro atoms. The zero-order valence-electron chi connectivity index (χ0n) is 17.9. The molecule has 4 rings (SSSR count). The summed E-state index contributed by atoms with van der Waals surface area (Å²) < 4.78 is 20.9. The molecule has 0 N–H and O–H groups in total. The van der Waals surface area contributed by atoms with Crippen LogP contribution in [0.5, 0.6) is 0 Å². The highest BCUT2D eigenvalue weighted by Gasteiger charge is 2.21. The average Bonchev–Trinajstić information content (AvgIpc) is 3.42. The molecular formula is C24H23FN4O2S. The van der Waals surface area contributed by atoms with Crippen molar-refractivity contribution in [2.75, 3.05) is 12.3 Å². The largest absolute Gasteiger partial charge is 0.469 e. The van der Waals surface area contributed by atoms with Gasteiger partial charge in [-0.05, 0) is 49.7 Å². The Hall–Kier alpha value is -3.39. The minimum absolute atomic E-state index is 0.0505. The summed E-state index contributed by atoms with van der Waals surface area (Å²) in [7, 11) is 0. The molecule has 2 aromatic carbocycles. The van der Waals surface area contributed by atoms with E-state index in [1.54, 1.807) is 17.2 Å². The van der Waals surface area contributed by atoms with Crippen molar-refractivity contribution in [1.29, 1.82) is 0 Å². The van der Waals surface area contributed by atoms with Crippen LogP contribution in [0.2, 0.25) is 0 Å². The van der Waals surface area contributed by atoms with Gasteiger partial charge >= 0.3 is 0 Å². The highest BCUT2D eigenvalue weighted by atomic mass is 32.2. The number of aromatic nitrogens is 3. The zero-order chi connectivity index (χ0) is 22.5. The Kier molecular flexibility index (Phi) is 6.70. The van der Waals surface area contributed by atoms with Crippen LogP contribution in [-0.4, -0.2) is 37.9 Å². The molecule has 2 heterocycles. The van der Waals surface area contributed by atoms with Gasteiger partial charge in [0.25, 0.3) is 0 Å². The standard InChI is InChI=1S/C24H23FN4O2S/c1-3-28(15-18-8-7-9-19(25)14-18)22(30)16-32-24-27-26-23(21-12-13-31-17(21)2)29(24)20-10-5-4-6-11-20/h4-14H,3,15-16H2,1-2H3. The normalized spacial score (nSPS) is 11.0. The van der Waals surface area contributed by atoms with Crippen molar-refractivity contribution in [1.82, 2.24) is 19.7 Å². The maximum absolute atomic E-state index is 13.5. The minimum Gasteiger partial charge on any atom is -0.469 e. The van der Waals surface area contributed by atoms with Crippen molar-refractivity contribution in [3.8, 4) is 17.1 Å². The van der Waals surface area contributed by atoms with Crippen LogP contribution in [0.15, 0.2) is 76.5 Å². The highest BCUT2D eigenvalue weighted by Crippen LogP contribution is 2.30. The van der Waals surface area contributed by atoms with E-state index in [4.69, 9.17) is 4.42 Å². The Morgan fingerprint density at radius 3 is 2.62 bits per heavy atom. The molecule has 0 saturated heterocycles. The van der Waals surface area contributed by atoms with E-state index in [0.29, 0.717) is 24.1 Å². The Morgan fingerprint density at radius 2 is 1.94 bits per heavy atom. The zero-order valence-corrected chi connectivity index (χ0v) is 18.7. The number of carbonyl (C=O) groups is 1. The van der Waals surface area contributed by atoms with E-state index in [9.17, 15) is 9.18 Å². The number of benzene rings is 2. The molecule has 0 atom stereocenters. The fourth-order valence-electron chi connectivity index (χ4n) is 3.41. The Balaban J connectivity index is 1.56. The molecule has 0 aliphatic rings. The van der Waals surface area contributed by atoms with Crippen LogP contribution < -0.4 is 0 Å². The van der Waals surface area contributed by atoms with Gasteiger partial charge in [0.05, 0.1) is 17.6 Å². The van der Waals surface area contributed by atoms with Crippen molar-refractivity contribution >= 4 is 17.7 Å². The molecule has 8 heteroatoms. The SMILES string of the molecule is CCN(Cc1cccc(F)c1)C(=O)CSc1nnc(-c2ccoc2C)n1-c1ccccc1. The number of halogens is 1. The smallest absolute Gasteiger partial charge is 0.233 e. The van der Waals surface area contributed by atoms with E-state index in [0.717, 1.165) is 22.6 Å². The number of para-hydroxylation sites is 1. The highest BCUT2D eigenvalue weighted by molar-refractivity contribution is 7.99. The van der Waals surface area contributed by atoms with E-state index in [1.165, 1.54) is 23.9 Å². The fourth-order valence-corrected chi connectivity index (χ4v) is 4.27. The summed E-state index contributed by atoms with van der Waals surface area (Å²) in [6.45, 7) is 4.68. The first-order valence-corrected chi connectivity index (χ1v) is 11.3. The third-order valence-electron chi connectivity index (χ3n) is 5.07. The number of aryl methyl sites for hydroxylation is 1. The van der Waals surface area contributed by atoms with Gasteiger partial charge in [0, 0.05) is 18.8 Å². The molecule has 0 aliphatic heterocycles. The Morgan fingerprint density at radius 1 is 1.12 bits per heavy atom. The molecule has 4 aromatic rings. The van der Waals surface area contributed by atoms with Gasteiger partial charge in [0.2, 0.25) is 5.91 Å². The first-order valence-electron chi connectivity index (χ1n) is 10.3. The van der Waals surface area contributed by atoms with E-state index >= 15 is 0 Å². The minimum atomic E-state index is -0.307. The molecule has 0 radical (unpaired) electrons. The Bertz CT molecular complexity index is 1210. The number of hydrogen-bond acceptors (Lipinski definition) is 5. The first kappa shape index (κ1) is 21.8. The fraction of sp³-hybridized carbons (Fsp3) is 0.208. The van der Waals surface area contributed by atoms with E-state index in [1.807, 2.05) is 60.9 Å². The second-order valence-electron chi connectivity index (χ2n) is 7.19. The van der Waals surface area contributed by atoms with Crippen LogP contribution in [0.3, 0.4) is 0 Å². The summed E-state index contributed by atoms with van der Waals surface area (Å²) in [5.74, 6) is 1.24. The van der Waals surface area contributed by atoms with Crippen LogP contribution in [0.1, 0.15) is 18.2 Å². The van der Waals surface area contributed by atoms with Gasteiger partial charge < -0.3 is 9.32 Å². The summed E-state index contributed by atoms with van der Waals surface area (Å²) in [4.78, 5) is 14.6. The lowest BCUT2D eigenvalue weighted by molar-refractivity contribution is -0.128. The number of furan rings is 1. The van der Waals surface area contributed by atoms with Crippen LogP contribution in [0.25, 0.3) is 17.1 Å². The van der Waals surface area contributed by atoms with E-state index in [-0.39, 0.29) is 17.5 Å². The topological polar surface area (TPSA) is 64.2 Å². The van der Waals surface area contributed by atoms with Crippen molar-refractivity contribution in [3.05, 3.63) is 84.1 Å². The third kappa shape index (κ3) is 4.75. The molecule has 164 valence electrons. The van der Waals surface area contributed by atoms with Gasteiger partial charge in [-0.3, -0.25) is 9.36 Å². The van der Waals surface area contributed by atoms with Crippen LogP contribution >= 0.6 is 11.8 Å². The lowest BCUT2D eigenvalue weighted by atomic mass is 10.2. The summed E-state index contributed by atoms with van der Waals surface area (Å²) in [5, 5.41) is 9.35. The molecule has 0 fully saturated rings. The number of nitrogens with zero attached hydrogens (tertiary/aromatic N) is 4. The number of thioether (sulfide) groups is 1. The second kappa shape index (κ2) is 9.82. The second-order valence-corrected chi connectivity index (χ2v) is 8.14. The van der Waals surface area contributed by atoms with E-state index < -0.39 is 0 Å². The summed E-state index contributed by atoms with van der Waals surface area (Å²) in [6, 6.07) is 17.9. The molecule has 0 unspecified atom stereocenters. The maximum Gasteiger partial charge on any atom is 0.233 e. The summed E-state index contributed by atoms with van der Waals surface area (Å²) >= 11 is 1.32. The van der Waals surface area contributed by atoms with Crippen LogP contribution in [-0.2, 0) is 11.3 Å². The summed E-state index contributed by atoms with van der Waals surface area (Å²) in [5.41, 5.74) is 2.51. The average molecular weight is 451 g/mol. The molecule has 32 heavy (non-hydrogen) atoms.